The van der Waals surface area contributed by atoms with Crippen molar-refractivity contribution in [2.45, 2.75) is 63.4 Å². The predicted octanol–water partition coefficient (Wildman–Crippen LogP) is 1.83. The number of ether oxygens (including phenoxy) is 4. The highest BCUT2D eigenvalue weighted by atomic mass is 16.8. The third kappa shape index (κ3) is 2.47. The van der Waals surface area contributed by atoms with E-state index in [-0.39, 0.29) is 30.3 Å². The van der Waals surface area contributed by atoms with E-state index in [1.54, 1.807) is 0 Å². The molecule has 0 amide bonds. The Morgan fingerprint density at radius 1 is 1.14 bits per heavy atom. The summed E-state index contributed by atoms with van der Waals surface area (Å²) in [6, 6.07) is 10.0. The SMILES string of the molecule is CC1(C)O[C@@H]2[C@@H](OCc3ccccc3)[C@@H]3OC(O)C[C@@H]3[C@@H]2O1. The maximum atomic E-state index is 9.81. The lowest BCUT2D eigenvalue weighted by molar-refractivity contribution is -0.196. The quantitative estimate of drug-likeness (QED) is 0.923. The molecule has 2 saturated heterocycles. The summed E-state index contributed by atoms with van der Waals surface area (Å²) in [7, 11) is 0. The van der Waals surface area contributed by atoms with Gasteiger partial charge in [0.05, 0.1) is 18.8 Å². The van der Waals surface area contributed by atoms with E-state index in [0.717, 1.165) is 5.56 Å². The average molecular weight is 306 g/mol. The first-order valence-electron chi connectivity index (χ1n) is 7.88. The number of aliphatic hydroxyl groups is 1. The maximum Gasteiger partial charge on any atom is 0.163 e. The van der Waals surface area contributed by atoms with E-state index >= 15 is 0 Å². The van der Waals surface area contributed by atoms with Gasteiger partial charge in [-0.25, -0.2) is 0 Å². The van der Waals surface area contributed by atoms with Crippen molar-refractivity contribution >= 4 is 0 Å². The molecule has 1 N–H and O–H groups in total. The molecule has 3 aliphatic rings. The fraction of sp³-hybridized carbons (Fsp3) is 0.647. The van der Waals surface area contributed by atoms with Gasteiger partial charge in [-0.2, -0.15) is 0 Å². The van der Waals surface area contributed by atoms with Crippen LogP contribution >= 0.6 is 0 Å². The molecule has 5 heteroatoms. The molecule has 5 nitrogen and oxygen atoms in total. The Balaban J connectivity index is 1.52. The van der Waals surface area contributed by atoms with Gasteiger partial charge < -0.3 is 24.1 Å². The topological polar surface area (TPSA) is 57.2 Å². The summed E-state index contributed by atoms with van der Waals surface area (Å²) >= 11 is 0. The summed E-state index contributed by atoms with van der Waals surface area (Å²) in [4.78, 5) is 0. The molecule has 0 radical (unpaired) electrons. The second kappa shape index (κ2) is 5.28. The third-order valence-corrected chi connectivity index (χ3v) is 4.73. The van der Waals surface area contributed by atoms with Crippen LogP contribution in [-0.4, -0.2) is 41.6 Å². The molecule has 0 aromatic heterocycles. The molecule has 2 heterocycles. The molecule has 0 bridgehead atoms. The average Bonchev–Trinajstić information content (AvgIpc) is 3.06. The normalized spacial score (nSPS) is 42.3. The second-order valence-electron chi connectivity index (χ2n) is 6.78. The van der Waals surface area contributed by atoms with Gasteiger partial charge >= 0.3 is 0 Å². The molecule has 22 heavy (non-hydrogen) atoms. The van der Waals surface area contributed by atoms with Gasteiger partial charge in [0, 0.05) is 12.3 Å². The molecule has 1 unspecified atom stereocenters. The Morgan fingerprint density at radius 2 is 1.86 bits per heavy atom. The van der Waals surface area contributed by atoms with Gasteiger partial charge in [-0.3, -0.25) is 0 Å². The first-order valence-corrected chi connectivity index (χ1v) is 7.88. The number of hydrogen-bond acceptors (Lipinski definition) is 5. The highest BCUT2D eigenvalue weighted by molar-refractivity contribution is 5.14. The number of aliphatic hydroxyl groups excluding tert-OH is 1. The van der Waals surface area contributed by atoms with Crippen molar-refractivity contribution in [3.05, 3.63) is 35.9 Å². The van der Waals surface area contributed by atoms with Crippen molar-refractivity contribution in [1.29, 1.82) is 0 Å². The molecule has 1 aliphatic carbocycles. The van der Waals surface area contributed by atoms with Gasteiger partial charge in [-0.15, -0.1) is 0 Å². The van der Waals surface area contributed by atoms with Gasteiger partial charge in [0.1, 0.15) is 12.2 Å². The minimum atomic E-state index is -0.730. The molecule has 2 aliphatic heterocycles. The monoisotopic (exact) mass is 306 g/mol. The van der Waals surface area contributed by atoms with Gasteiger partial charge in [0.25, 0.3) is 0 Å². The van der Waals surface area contributed by atoms with Gasteiger partial charge in [-0.05, 0) is 19.4 Å². The van der Waals surface area contributed by atoms with Gasteiger partial charge in [-0.1, -0.05) is 30.3 Å². The lowest BCUT2D eigenvalue weighted by atomic mass is 10.0. The molecular weight excluding hydrogens is 284 g/mol. The smallest absolute Gasteiger partial charge is 0.163 e. The maximum absolute atomic E-state index is 9.81. The van der Waals surface area contributed by atoms with Crippen LogP contribution in [0.15, 0.2) is 30.3 Å². The molecule has 120 valence electrons. The summed E-state index contributed by atoms with van der Waals surface area (Å²) in [6.07, 6.45) is -0.736. The highest BCUT2D eigenvalue weighted by Gasteiger charge is 2.62. The van der Waals surface area contributed by atoms with Crippen LogP contribution in [0, 0.1) is 5.92 Å². The summed E-state index contributed by atoms with van der Waals surface area (Å²) in [5, 5.41) is 9.81. The van der Waals surface area contributed by atoms with E-state index in [9.17, 15) is 5.11 Å². The summed E-state index contributed by atoms with van der Waals surface area (Å²) in [5.74, 6) is -0.482. The van der Waals surface area contributed by atoms with Crippen LogP contribution in [0.3, 0.4) is 0 Å². The van der Waals surface area contributed by atoms with Crippen molar-refractivity contribution in [3.8, 4) is 0 Å². The Labute approximate surface area is 130 Å². The zero-order chi connectivity index (χ0) is 15.3. The number of fused-ring (bicyclic) bond motifs is 3. The van der Waals surface area contributed by atoms with Gasteiger partial charge in [0.2, 0.25) is 0 Å². The molecule has 4 rings (SSSR count). The first-order chi connectivity index (χ1) is 10.5. The summed E-state index contributed by atoms with van der Waals surface area (Å²) < 4.78 is 23.8. The standard InChI is InChI=1S/C17H22O5/c1-17(2)21-14-11-8-12(18)20-13(11)15(16(14)22-17)19-9-10-6-4-3-5-7-10/h3-7,11-16,18H,8-9H2,1-2H3/t11-,12?,13+,14-,15-,16-/m0/s1. The minimum absolute atomic E-state index is 0.0714. The van der Waals surface area contributed by atoms with Crippen LogP contribution in [-0.2, 0) is 25.6 Å². The molecule has 1 aromatic rings. The van der Waals surface area contributed by atoms with Crippen LogP contribution < -0.4 is 0 Å². The number of rotatable bonds is 3. The highest BCUT2D eigenvalue weighted by Crippen LogP contribution is 2.49. The molecule has 1 aromatic carbocycles. The van der Waals surface area contributed by atoms with E-state index in [4.69, 9.17) is 18.9 Å². The van der Waals surface area contributed by atoms with Crippen LogP contribution in [0.1, 0.15) is 25.8 Å². The number of benzene rings is 1. The van der Waals surface area contributed by atoms with E-state index in [1.165, 1.54) is 0 Å². The van der Waals surface area contributed by atoms with Crippen LogP contribution in [0.25, 0.3) is 0 Å². The van der Waals surface area contributed by atoms with Gasteiger partial charge in [0.15, 0.2) is 12.1 Å². The summed E-state index contributed by atoms with van der Waals surface area (Å²) in [6.45, 7) is 4.34. The largest absolute Gasteiger partial charge is 0.368 e. The Bertz CT molecular complexity index is 531. The second-order valence-corrected chi connectivity index (χ2v) is 6.78. The summed E-state index contributed by atoms with van der Waals surface area (Å²) in [5.41, 5.74) is 1.11. The first kappa shape index (κ1) is 14.6. The third-order valence-electron chi connectivity index (χ3n) is 4.73. The minimum Gasteiger partial charge on any atom is -0.368 e. The van der Waals surface area contributed by atoms with Crippen molar-refractivity contribution in [2.24, 2.45) is 5.92 Å². The molecule has 3 fully saturated rings. The molecular formula is C17H22O5. The fourth-order valence-electron chi connectivity index (χ4n) is 3.89. The van der Waals surface area contributed by atoms with Crippen molar-refractivity contribution in [3.63, 3.8) is 0 Å². The zero-order valence-corrected chi connectivity index (χ0v) is 12.8. The van der Waals surface area contributed by atoms with Crippen molar-refractivity contribution in [2.75, 3.05) is 0 Å². The van der Waals surface area contributed by atoms with Crippen LogP contribution in [0.4, 0.5) is 0 Å². The van der Waals surface area contributed by atoms with E-state index < -0.39 is 12.1 Å². The lowest BCUT2D eigenvalue weighted by Gasteiger charge is -2.26. The Hall–Kier alpha value is -0.980. The molecule has 0 spiro atoms. The van der Waals surface area contributed by atoms with Crippen LogP contribution in [0.5, 0.6) is 0 Å². The fourth-order valence-corrected chi connectivity index (χ4v) is 3.89. The lowest BCUT2D eigenvalue weighted by Crippen LogP contribution is -2.38. The Morgan fingerprint density at radius 3 is 2.64 bits per heavy atom. The van der Waals surface area contributed by atoms with E-state index in [1.807, 2.05) is 44.2 Å². The van der Waals surface area contributed by atoms with Crippen molar-refractivity contribution < 1.29 is 24.1 Å². The number of hydrogen-bond donors (Lipinski definition) is 1. The van der Waals surface area contributed by atoms with Crippen molar-refractivity contribution in [1.82, 2.24) is 0 Å². The zero-order valence-electron chi connectivity index (χ0n) is 12.8. The van der Waals surface area contributed by atoms with Crippen LogP contribution in [0.2, 0.25) is 0 Å². The van der Waals surface area contributed by atoms with E-state index in [0.29, 0.717) is 13.0 Å². The Kier molecular flexibility index (Phi) is 3.51. The molecule has 6 atom stereocenters. The molecule has 1 saturated carbocycles. The predicted molar refractivity (Wildman–Crippen MR) is 77.8 cm³/mol. The van der Waals surface area contributed by atoms with E-state index in [2.05, 4.69) is 0 Å².